The number of H-pyrrole nitrogens is 1. The number of nitrogens with one attached hydrogen (secondary N) is 1. The lowest BCUT2D eigenvalue weighted by Crippen LogP contribution is -2.16. The van der Waals surface area contributed by atoms with Crippen LogP contribution in [0, 0.1) is 0 Å². The van der Waals surface area contributed by atoms with E-state index in [1.54, 1.807) is 0 Å². The second-order valence-electron chi connectivity index (χ2n) is 3.55. The van der Waals surface area contributed by atoms with Crippen molar-refractivity contribution in [2.45, 2.75) is 32.2 Å². The summed E-state index contributed by atoms with van der Waals surface area (Å²) in [6.45, 7) is 7.39. The molecule has 1 atom stereocenters. The SMILES string of the molecule is CCN1Cc2[nH]nc(C(C)S)c2C1. The smallest absolute Gasteiger partial charge is 0.0794 e. The molecule has 0 saturated carbocycles. The number of aromatic amines is 1. The Morgan fingerprint density at radius 3 is 3.00 bits per heavy atom. The van der Waals surface area contributed by atoms with Crippen molar-refractivity contribution in [3.8, 4) is 0 Å². The average Bonchev–Trinajstić information content (AvgIpc) is 2.59. The van der Waals surface area contributed by atoms with Crippen molar-refractivity contribution in [2.24, 2.45) is 0 Å². The third-order valence-corrected chi connectivity index (χ3v) is 2.84. The third kappa shape index (κ3) is 1.48. The minimum atomic E-state index is 0.233. The van der Waals surface area contributed by atoms with E-state index in [4.69, 9.17) is 0 Å². The maximum absolute atomic E-state index is 4.41. The van der Waals surface area contributed by atoms with Crippen molar-refractivity contribution < 1.29 is 0 Å². The Labute approximate surface area is 83.9 Å². The van der Waals surface area contributed by atoms with Crippen molar-refractivity contribution in [3.63, 3.8) is 0 Å². The number of aromatic nitrogens is 2. The maximum atomic E-state index is 4.41. The minimum absolute atomic E-state index is 0.233. The van der Waals surface area contributed by atoms with Crippen LogP contribution in [0.5, 0.6) is 0 Å². The van der Waals surface area contributed by atoms with Crippen LogP contribution >= 0.6 is 12.6 Å². The van der Waals surface area contributed by atoms with Gasteiger partial charge in [-0.05, 0) is 13.5 Å². The van der Waals surface area contributed by atoms with Crippen molar-refractivity contribution in [1.29, 1.82) is 0 Å². The lowest BCUT2D eigenvalue weighted by Gasteiger charge is -2.11. The van der Waals surface area contributed by atoms with E-state index >= 15 is 0 Å². The van der Waals surface area contributed by atoms with Gasteiger partial charge in [-0.3, -0.25) is 10.00 Å². The van der Waals surface area contributed by atoms with Gasteiger partial charge in [-0.2, -0.15) is 17.7 Å². The van der Waals surface area contributed by atoms with Gasteiger partial charge in [0.25, 0.3) is 0 Å². The Hall–Kier alpha value is -0.480. The van der Waals surface area contributed by atoms with Gasteiger partial charge in [0.1, 0.15) is 0 Å². The minimum Gasteiger partial charge on any atom is -0.293 e. The molecule has 1 unspecified atom stereocenters. The molecular formula is C9H15N3S. The van der Waals surface area contributed by atoms with E-state index in [2.05, 4.69) is 41.6 Å². The Bertz CT molecular complexity index is 306. The molecule has 0 aromatic carbocycles. The summed E-state index contributed by atoms with van der Waals surface area (Å²) in [6.07, 6.45) is 0. The van der Waals surface area contributed by atoms with Crippen LogP contribution in [0.2, 0.25) is 0 Å². The molecule has 0 radical (unpaired) electrons. The first-order chi connectivity index (χ1) is 6.22. The highest BCUT2D eigenvalue weighted by molar-refractivity contribution is 7.80. The largest absolute Gasteiger partial charge is 0.293 e. The Morgan fingerprint density at radius 1 is 1.62 bits per heavy atom. The molecule has 0 spiro atoms. The first-order valence-corrected chi connectivity index (χ1v) is 5.20. The van der Waals surface area contributed by atoms with Gasteiger partial charge in [-0.1, -0.05) is 6.92 Å². The fraction of sp³-hybridized carbons (Fsp3) is 0.667. The highest BCUT2D eigenvalue weighted by Crippen LogP contribution is 2.29. The molecule has 1 aliphatic heterocycles. The summed E-state index contributed by atoms with van der Waals surface area (Å²) >= 11 is 4.41. The predicted octanol–water partition coefficient (Wildman–Crippen LogP) is 1.74. The highest BCUT2D eigenvalue weighted by atomic mass is 32.1. The molecular weight excluding hydrogens is 182 g/mol. The highest BCUT2D eigenvalue weighted by Gasteiger charge is 2.24. The van der Waals surface area contributed by atoms with E-state index in [-0.39, 0.29) is 5.25 Å². The van der Waals surface area contributed by atoms with E-state index in [0.29, 0.717) is 0 Å². The molecule has 2 heterocycles. The number of nitrogens with zero attached hydrogens (tertiary/aromatic N) is 2. The summed E-state index contributed by atoms with van der Waals surface area (Å²) in [4.78, 5) is 2.39. The van der Waals surface area contributed by atoms with Crippen molar-refractivity contribution in [2.75, 3.05) is 6.54 Å². The average molecular weight is 197 g/mol. The number of rotatable bonds is 2. The van der Waals surface area contributed by atoms with E-state index < -0.39 is 0 Å². The molecule has 1 N–H and O–H groups in total. The fourth-order valence-corrected chi connectivity index (χ4v) is 2.01. The third-order valence-electron chi connectivity index (χ3n) is 2.59. The van der Waals surface area contributed by atoms with E-state index in [1.165, 1.54) is 11.3 Å². The summed E-state index contributed by atoms with van der Waals surface area (Å²) in [5.41, 5.74) is 3.76. The van der Waals surface area contributed by atoms with Gasteiger partial charge >= 0.3 is 0 Å². The number of hydrogen-bond acceptors (Lipinski definition) is 3. The molecule has 0 fully saturated rings. The zero-order valence-corrected chi connectivity index (χ0v) is 8.93. The molecule has 4 heteroatoms. The van der Waals surface area contributed by atoms with E-state index in [9.17, 15) is 0 Å². The van der Waals surface area contributed by atoms with Crippen LogP contribution in [0.3, 0.4) is 0 Å². The lowest BCUT2D eigenvalue weighted by atomic mass is 10.2. The molecule has 2 rings (SSSR count). The zero-order chi connectivity index (χ0) is 9.42. The first-order valence-electron chi connectivity index (χ1n) is 4.68. The summed E-state index contributed by atoms with van der Waals surface area (Å²) in [7, 11) is 0. The zero-order valence-electron chi connectivity index (χ0n) is 8.04. The quantitative estimate of drug-likeness (QED) is 0.708. The van der Waals surface area contributed by atoms with Crippen molar-refractivity contribution >= 4 is 12.6 Å². The van der Waals surface area contributed by atoms with Gasteiger partial charge in [0.15, 0.2) is 0 Å². The maximum Gasteiger partial charge on any atom is 0.0794 e. The van der Waals surface area contributed by atoms with Crippen LogP contribution in [0.4, 0.5) is 0 Å². The van der Waals surface area contributed by atoms with Gasteiger partial charge in [0.2, 0.25) is 0 Å². The molecule has 72 valence electrons. The van der Waals surface area contributed by atoms with Gasteiger partial charge < -0.3 is 0 Å². The molecule has 13 heavy (non-hydrogen) atoms. The Kier molecular flexibility index (Phi) is 2.34. The molecule has 0 bridgehead atoms. The summed E-state index contributed by atoms with van der Waals surface area (Å²) < 4.78 is 0. The Balaban J connectivity index is 2.27. The van der Waals surface area contributed by atoms with Crippen LogP contribution in [0.1, 0.15) is 36.0 Å². The second-order valence-corrected chi connectivity index (χ2v) is 4.32. The molecule has 1 aliphatic rings. The van der Waals surface area contributed by atoms with Crippen LogP contribution in [-0.2, 0) is 13.1 Å². The molecule has 0 saturated heterocycles. The molecule has 1 aromatic heterocycles. The molecule has 3 nitrogen and oxygen atoms in total. The van der Waals surface area contributed by atoms with E-state index in [0.717, 1.165) is 25.3 Å². The monoisotopic (exact) mass is 197 g/mol. The van der Waals surface area contributed by atoms with Gasteiger partial charge in [0, 0.05) is 23.9 Å². The summed E-state index contributed by atoms with van der Waals surface area (Å²) in [6, 6.07) is 0. The molecule has 0 aliphatic carbocycles. The Morgan fingerprint density at radius 2 is 2.38 bits per heavy atom. The van der Waals surface area contributed by atoms with Crippen LogP contribution < -0.4 is 0 Å². The summed E-state index contributed by atoms with van der Waals surface area (Å²) in [5.74, 6) is 0. The van der Waals surface area contributed by atoms with Crippen molar-refractivity contribution in [3.05, 3.63) is 17.0 Å². The number of fused-ring (bicyclic) bond motifs is 1. The van der Waals surface area contributed by atoms with Gasteiger partial charge in [-0.25, -0.2) is 0 Å². The van der Waals surface area contributed by atoms with Gasteiger partial charge in [-0.15, -0.1) is 0 Å². The fourth-order valence-electron chi connectivity index (χ4n) is 1.80. The van der Waals surface area contributed by atoms with Crippen LogP contribution in [0.15, 0.2) is 0 Å². The normalized spacial score (nSPS) is 19.0. The second kappa shape index (κ2) is 3.35. The van der Waals surface area contributed by atoms with E-state index in [1.807, 2.05) is 0 Å². The number of hydrogen-bond donors (Lipinski definition) is 2. The van der Waals surface area contributed by atoms with Gasteiger partial charge in [0.05, 0.1) is 11.4 Å². The lowest BCUT2D eigenvalue weighted by molar-refractivity contribution is 0.296. The molecule has 1 aromatic rings. The number of thiol groups is 1. The first kappa shape index (κ1) is 9.09. The van der Waals surface area contributed by atoms with Crippen LogP contribution in [-0.4, -0.2) is 21.6 Å². The van der Waals surface area contributed by atoms with Crippen molar-refractivity contribution in [1.82, 2.24) is 15.1 Å². The topological polar surface area (TPSA) is 31.9 Å². The predicted molar refractivity (Wildman–Crippen MR) is 55.8 cm³/mol. The van der Waals surface area contributed by atoms with Crippen LogP contribution in [0.25, 0.3) is 0 Å². The summed E-state index contributed by atoms with van der Waals surface area (Å²) in [5, 5.41) is 7.60. The standard InChI is InChI=1S/C9H15N3S/c1-3-12-4-7-8(5-12)10-11-9(7)6(2)13/h6,13H,3-5H2,1-2H3,(H,10,11). The molecule has 0 amide bonds.